The van der Waals surface area contributed by atoms with E-state index in [1.165, 1.54) is 6.07 Å². The number of nitriles is 1. The standard InChI is InChI=1S/C15H11NO4/c16-6-1-2-7-18-15-13-11(5-8-19-13)9-10-3-4-12(17)20-14(10)15/h3-5,8-9H,1-2,7H2. The van der Waals surface area contributed by atoms with Crippen LogP contribution in [0.25, 0.3) is 21.9 Å². The number of ether oxygens (including phenoxy) is 1. The van der Waals surface area contributed by atoms with E-state index in [4.69, 9.17) is 18.8 Å². The van der Waals surface area contributed by atoms with Crippen molar-refractivity contribution in [3.63, 3.8) is 0 Å². The molecule has 3 aromatic rings. The van der Waals surface area contributed by atoms with Crippen LogP contribution >= 0.6 is 0 Å². The van der Waals surface area contributed by atoms with E-state index in [0.29, 0.717) is 36.4 Å². The Balaban J connectivity index is 2.12. The van der Waals surface area contributed by atoms with Gasteiger partial charge in [-0.05, 0) is 24.6 Å². The second-order valence-corrected chi connectivity index (χ2v) is 4.33. The summed E-state index contributed by atoms with van der Waals surface area (Å²) in [6, 6.07) is 8.81. The molecule has 2 heterocycles. The van der Waals surface area contributed by atoms with E-state index < -0.39 is 5.63 Å². The maximum atomic E-state index is 11.4. The lowest BCUT2D eigenvalue weighted by molar-refractivity contribution is 0.309. The van der Waals surface area contributed by atoms with Crippen LogP contribution in [0.3, 0.4) is 0 Å². The highest BCUT2D eigenvalue weighted by Gasteiger charge is 2.14. The molecule has 0 aliphatic carbocycles. The molecule has 20 heavy (non-hydrogen) atoms. The minimum absolute atomic E-state index is 0.362. The molecule has 5 nitrogen and oxygen atoms in total. The van der Waals surface area contributed by atoms with Gasteiger partial charge in [-0.2, -0.15) is 5.26 Å². The van der Waals surface area contributed by atoms with Crippen molar-refractivity contribution in [1.29, 1.82) is 5.26 Å². The molecular weight excluding hydrogens is 258 g/mol. The van der Waals surface area contributed by atoms with E-state index in [0.717, 1.165) is 10.8 Å². The topological polar surface area (TPSA) is 76.4 Å². The molecule has 0 aliphatic rings. The fraction of sp³-hybridized carbons (Fsp3) is 0.200. The van der Waals surface area contributed by atoms with Gasteiger partial charge in [0.15, 0.2) is 11.2 Å². The van der Waals surface area contributed by atoms with Gasteiger partial charge in [0.1, 0.15) is 0 Å². The van der Waals surface area contributed by atoms with E-state index in [9.17, 15) is 4.79 Å². The molecule has 5 heteroatoms. The Hall–Kier alpha value is -2.74. The Bertz CT molecular complexity index is 854. The summed E-state index contributed by atoms with van der Waals surface area (Å²) in [6.45, 7) is 0.362. The quantitative estimate of drug-likeness (QED) is 0.537. The van der Waals surface area contributed by atoms with Gasteiger partial charge in [0, 0.05) is 23.3 Å². The van der Waals surface area contributed by atoms with Gasteiger partial charge in [-0.15, -0.1) is 0 Å². The van der Waals surface area contributed by atoms with E-state index in [-0.39, 0.29) is 0 Å². The first kappa shape index (κ1) is 12.3. The monoisotopic (exact) mass is 269 g/mol. The van der Waals surface area contributed by atoms with Gasteiger partial charge in [-0.3, -0.25) is 0 Å². The van der Waals surface area contributed by atoms with Crippen molar-refractivity contribution in [2.75, 3.05) is 6.61 Å². The summed E-state index contributed by atoms with van der Waals surface area (Å²) < 4.78 is 16.3. The Morgan fingerprint density at radius 3 is 2.90 bits per heavy atom. The Labute approximate surface area is 114 Å². The largest absolute Gasteiger partial charge is 0.486 e. The van der Waals surface area contributed by atoms with Gasteiger partial charge >= 0.3 is 5.63 Å². The lowest BCUT2D eigenvalue weighted by atomic mass is 10.1. The third kappa shape index (κ3) is 2.12. The van der Waals surface area contributed by atoms with E-state index >= 15 is 0 Å². The van der Waals surface area contributed by atoms with Crippen LogP contribution in [0.15, 0.2) is 44.2 Å². The predicted molar refractivity (Wildman–Crippen MR) is 72.6 cm³/mol. The molecule has 0 amide bonds. The highest BCUT2D eigenvalue weighted by molar-refractivity contribution is 5.99. The van der Waals surface area contributed by atoms with E-state index in [1.807, 2.05) is 12.1 Å². The highest BCUT2D eigenvalue weighted by atomic mass is 16.5. The maximum absolute atomic E-state index is 11.4. The average molecular weight is 269 g/mol. The van der Waals surface area contributed by atoms with Gasteiger partial charge < -0.3 is 13.6 Å². The fourth-order valence-electron chi connectivity index (χ4n) is 2.06. The number of fused-ring (bicyclic) bond motifs is 2. The van der Waals surface area contributed by atoms with Gasteiger partial charge in [0.25, 0.3) is 0 Å². The first-order valence-corrected chi connectivity index (χ1v) is 6.23. The SMILES string of the molecule is N#CCCCOc1c2occc2cc2ccc(=O)oc12. The number of hydrogen-bond donors (Lipinski definition) is 0. The zero-order chi connectivity index (χ0) is 13.9. The number of hydrogen-bond acceptors (Lipinski definition) is 5. The minimum Gasteiger partial charge on any atom is -0.486 e. The van der Waals surface area contributed by atoms with E-state index in [1.54, 1.807) is 12.3 Å². The van der Waals surface area contributed by atoms with E-state index in [2.05, 4.69) is 6.07 Å². The normalized spacial score (nSPS) is 10.8. The predicted octanol–water partition coefficient (Wildman–Crippen LogP) is 3.22. The zero-order valence-electron chi connectivity index (χ0n) is 10.6. The number of benzene rings is 1. The van der Waals surface area contributed by atoms with Crippen LogP contribution in [0, 0.1) is 11.3 Å². The van der Waals surface area contributed by atoms with Crippen molar-refractivity contribution in [1.82, 2.24) is 0 Å². The molecule has 0 N–H and O–H groups in total. The molecule has 0 bridgehead atoms. The van der Waals surface area contributed by atoms with Crippen LogP contribution in [0.4, 0.5) is 0 Å². The summed E-state index contributed by atoms with van der Waals surface area (Å²) >= 11 is 0. The smallest absolute Gasteiger partial charge is 0.336 e. The number of rotatable bonds is 4. The summed E-state index contributed by atoms with van der Waals surface area (Å²) in [6.07, 6.45) is 2.58. The van der Waals surface area contributed by atoms with Crippen LogP contribution in [-0.2, 0) is 0 Å². The molecule has 2 aromatic heterocycles. The lowest BCUT2D eigenvalue weighted by Gasteiger charge is -2.08. The van der Waals surface area contributed by atoms with Gasteiger partial charge in [0.2, 0.25) is 5.75 Å². The molecular formula is C15H11NO4. The van der Waals surface area contributed by atoms with Crippen molar-refractivity contribution < 1.29 is 13.6 Å². The van der Waals surface area contributed by atoms with Gasteiger partial charge in [-0.1, -0.05) is 0 Å². The zero-order valence-corrected chi connectivity index (χ0v) is 10.6. The Morgan fingerprint density at radius 1 is 1.20 bits per heavy atom. The molecule has 0 aliphatic heterocycles. The van der Waals surface area contributed by atoms with Crippen LogP contribution < -0.4 is 10.4 Å². The molecule has 0 fully saturated rings. The second-order valence-electron chi connectivity index (χ2n) is 4.33. The maximum Gasteiger partial charge on any atom is 0.336 e. The van der Waals surface area contributed by atoms with Gasteiger partial charge in [-0.25, -0.2) is 4.79 Å². The molecule has 3 rings (SSSR count). The first-order valence-electron chi connectivity index (χ1n) is 6.23. The summed E-state index contributed by atoms with van der Waals surface area (Å²) in [5, 5.41) is 10.2. The molecule has 0 radical (unpaired) electrons. The van der Waals surface area contributed by atoms with Crippen LogP contribution in [0.5, 0.6) is 5.75 Å². The molecule has 0 spiro atoms. The molecule has 0 saturated heterocycles. The van der Waals surface area contributed by atoms with Crippen molar-refractivity contribution in [2.24, 2.45) is 0 Å². The molecule has 0 saturated carbocycles. The van der Waals surface area contributed by atoms with Crippen molar-refractivity contribution in [3.8, 4) is 11.8 Å². The first-order chi connectivity index (χ1) is 9.79. The summed E-state index contributed by atoms with van der Waals surface area (Å²) in [4.78, 5) is 11.4. The average Bonchev–Trinajstić information content (AvgIpc) is 2.91. The van der Waals surface area contributed by atoms with Gasteiger partial charge in [0.05, 0.1) is 18.9 Å². The molecule has 0 unspecified atom stereocenters. The van der Waals surface area contributed by atoms with Crippen LogP contribution in [-0.4, -0.2) is 6.61 Å². The Kier molecular flexibility index (Phi) is 3.13. The van der Waals surface area contributed by atoms with Crippen molar-refractivity contribution in [3.05, 3.63) is 40.9 Å². The fourth-order valence-corrected chi connectivity index (χ4v) is 2.06. The molecule has 1 aromatic carbocycles. The second kappa shape index (κ2) is 5.10. The molecule has 0 atom stereocenters. The molecule has 100 valence electrons. The third-order valence-electron chi connectivity index (χ3n) is 2.96. The van der Waals surface area contributed by atoms with Crippen LogP contribution in [0.1, 0.15) is 12.8 Å². The van der Waals surface area contributed by atoms with Crippen molar-refractivity contribution in [2.45, 2.75) is 12.8 Å². The lowest BCUT2D eigenvalue weighted by Crippen LogP contribution is -2.00. The third-order valence-corrected chi connectivity index (χ3v) is 2.96. The number of nitrogens with zero attached hydrogens (tertiary/aromatic N) is 1. The highest BCUT2D eigenvalue weighted by Crippen LogP contribution is 2.34. The van der Waals surface area contributed by atoms with Crippen LogP contribution in [0.2, 0.25) is 0 Å². The summed E-state index contributed by atoms with van der Waals surface area (Å²) in [7, 11) is 0. The minimum atomic E-state index is -0.440. The van der Waals surface area contributed by atoms with Crippen molar-refractivity contribution >= 4 is 21.9 Å². The number of furan rings is 1. The summed E-state index contributed by atoms with van der Waals surface area (Å²) in [5.74, 6) is 0.415. The Morgan fingerprint density at radius 2 is 2.05 bits per heavy atom. The summed E-state index contributed by atoms with van der Waals surface area (Å²) in [5.41, 5.74) is 0.478. The number of unbranched alkanes of at least 4 members (excludes halogenated alkanes) is 1.